The van der Waals surface area contributed by atoms with Crippen molar-refractivity contribution in [3.8, 4) is 0 Å². The van der Waals surface area contributed by atoms with Crippen molar-refractivity contribution in [1.82, 2.24) is 10.3 Å². The van der Waals surface area contributed by atoms with E-state index in [9.17, 15) is 10.1 Å². The zero-order valence-electron chi connectivity index (χ0n) is 12.5. The molecule has 0 aromatic carbocycles. The van der Waals surface area contributed by atoms with Crippen LogP contribution in [0.2, 0.25) is 0 Å². The van der Waals surface area contributed by atoms with Crippen molar-refractivity contribution in [1.29, 1.82) is 0 Å². The first-order valence-electron chi connectivity index (χ1n) is 6.90. The molecule has 0 aliphatic carbocycles. The van der Waals surface area contributed by atoms with Gasteiger partial charge in [0.1, 0.15) is 0 Å². The summed E-state index contributed by atoms with van der Waals surface area (Å²) >= 11 is 1.73. The molecule has 2 aromatic heterocycles. The average Bonchev–Trinajstić information content (AvgIpc) is 2.88. The number of hydrogen-bond donors (Lipinski definition) is 1. The molecule has 0 aliphatic rings. The second-order valence-corrected chi connectivity index (χ2v) is 5.95. The third kappa shape index (κ3) is 3.46. The third-order valence-electron chi connectivity index (χ3n) is 3.55. The largest absolute Gasteiger partial charge is 0.306 e. The predicted molar refractivity (Wildman–Crippen MR) is 84.6 cm³/mol. The van der Waals surface area contributed by atoms with Gasteiger partial charge in [-0.15, -0.1) is 11.3 Å². The van der Waals surface area contributed by atoms with Crippen LogP contribution < -0.4 is 5.32 Å². The van der Waals surface area contributed by atoms with Crippen molar-refractivity contribution in [2.24, 2.45) is 0 Å². The first kappa shape index (κ1) is 15.6. The fraction of sp³-hybridized carbons (Fsp3) is 0.400. The monoisotopic (exact) mass is 305 g/mol. The number of nitrogens with zero attached hydrogens (tertiary/aromatic N) is 2. The smallest absolute Gasteiger partial charge is 0.278 e. The highest BCUT2D eigenvalue weighted by Crippen LogP contribution is 2.24. The molecule has 0 amide bonds. The highest BCUT2D eigenvalue weighted by atomic mass is 32.1. The summed E-state index contributed by atoms with van der Waals surface area (Å²) in [6.07, 6.45) is 2.60. The van der Waals surface area contributed by atoms with E-state index in [-0.39, 0.29) is 10.6 Å². The van der Waals surface area contributed by atoms with Crippen LogP contribution in [0.5, 0.6) is 0 Å². The average molecular weight is 305 g/mol. The quantitative estimate of drug-likeness (QED) is 0.655. The molecule has 0 aliphatic heterocycles. The van der Waals surface area contributed by atoms with Crippen molar-refractivity contribution in [3.05, 3.63) is 55.0 Å². The van der Waals surface area contributed by atoms with Gasteiger partial charge in [0, 0.05) is 35.3 Å². The Balaban J connectivity index is 2.07. The van der Waals surface area contributed by atoms with Crippen molar-refractivity contribution in [2.75, 3.05) is 0 Å². The summed E-state index contributed by atoms with van der Waals surface area (Å²) in [6.45, 7) is 6.92. The van der Waals surface area contributed by atoms with Crippen LogP contribution in [0, 0.1) is 24.0 Å². The van der Waals surface area contributed by atoms with Gasteiger partial charge in [-0.25, -0.2) is 0 Å². The molecular formula is C15H19N3O2S. The van der Waals surface area contributed by atoms with Gasteiger partial charge in [-0.2, -0.15) is 0 Å². The van der Waals surface area contributed by atoms with Gasteiger partial charge in [-0.05, 0) is 37.3 Å². The van der Waals surface area contributed by atoms with E-state index in [1.165, 1.54) is 10.4 Å². The number of nitro groups is 1. The fourth-order valence-electron chi connectivity index (χ4n) is 2.36. The van der Waals surface area contributed by atoms with Gasteiger partial charge in [0.25, 0.3) is 5.69 Å². The van der Waals surface area contributed by atoms with E-state index in [4.69, 9.17) is 0 Å². The lowest BCUT2D eigenvalue weighted by molar-refractivity contribution is -0.386. The zero-order chi connectivity index (χ0) is 15.4. The minimum absolute atomic E-state index is 0.173. The van der Waals surface area contributed by atoms with E-state index in [0.717, 1.165) is 18.7 Å². The van der Waals surface area contributed by atoms with Crippen LogP contribution in [0.15, 0.2) is 17.6 Å². The number of rotatable bonds is 6. The number of pyridine rings is 1. The summed E-state index contributed by atoms with van der Waals surface area (Å²) in [5.41, 5.74) is 3.52. The maximum Gasteiger partial charge on any atom is 0.278 e. The summed E-state index contributed by atoms with van der Waals surface area (Å²) in [5, 5.41) is 16.5. The number of hydrogen-bond acceptors (Lipinski definition) is 5. The Bertz CT molecular complexity index is 652. The number of thiophene rings is 1. The molecule has 2 rings (SSSR count). The van der Waals surface area contributed by atoms with E-state index in [0.29, 0.717) is 17.7 Å². The van der Waals surface area contributed by atoms with Crippen LogP contribution in [0.4, 0.5) is 5.69 Å². The van der Waals surface area contributed by atoms with Crippen molar-refractivity contribution in [2.45, 2.75) is 40.3 Å². The standard InChI is InChI=1S/C15H19N3O2S/c1-4-12-5-6-21-14(12)9-16-8-13-11(3)15(18(19)20)10(2)7-17-13/h5-7,16H,4,8-9H2,1-3H3. The minimum Gasteiger partial charge on any atom is -0.306 e. The molecule has 1 N–H and O–H groups in total. The first-order valence-corrected chi connectivity index (χ1v) is 7.78. The lowest BCUT2D eigenvalue weighted by Gasteiger charge is -2.09. The van der Waals surface area contributed by atoms with Crippen LogP contribution in [0.1, 0.15) is 34.2 Å². The maximum absolute atomic E-state index is 11.1. The molecule has 0 saturated heterocycles. The van der Waals surface area contributed by atoms with Gasteiger partial charge in [-0.1, -0.05) is 6.92 Å². The molecule has 0 fully saturated rings. The molecule has 0 spiro atoms. The van der Waals surface area contributed by atoms with E-state index >= 15 is 0 Å². The highest BCUT2D eigenvalue weighted by Gasteiger charge is 2.18. The Kier molecular flexibility index (Phi) is 5.03. The molecule has 0 radical (unpaired) electrons. The van der Waals surface area contributed by atoms with Crippen LogP contribution >= 0.6 is 11.3 Å². The van der Waals surface area contributed by atoms with Gasteiger partial charge >= 0.3 is 0 Å². The molecule has 2 heterocycles. The lowest BCUT2D eigenvalue weighted by atomic mass is 10.1. The second-order valence-electron chi connectivity index (χ2n) is 4.94. The van der Waals surface area contributed by atoms with Gasteiger partial charge < -0.3 is 5.32 Å². The topological polar surface area (TPSA) is 68.1 Å². The van der Waals surface area contributed by atoms with Crippen LogP contribution in [0.25, 0.3) is 0 Å². The van der Waals surface area contributed by atoms with Gasteiger partial charge in [-0.3, -0.25) is 15.1 Å². The molecule has 21 heavy (non-hydrogen) atoms. The predicted octanol–water partition coefficient (Wildman–Crippen LogP) is 3.52. The van der Waals surface area contributed by atoms with Gasteiger partial charge in [0.05, 0.1) is 10.6 Å². The normalized spacial score (nSPS) is 10.8. The summed E-state index contributed by atoms with van der Waals surface area (Å²) in [6, 6.07) is 2.14. The van der Waals surface area contributed by atoms with E-state index in [2.05, 4.69) is 28.7 Å². The van der Waals surface area contributed by atoms with Crippen LogP contribution in [-0.4, -0.2) is 9.91 Å². The SMILES string of the molecule is CCc1ccsc1CNCc1ncc(C)c([N+](=O)[O-])c1C. The summed E-state index contributed by atoms with van der Waals surface area (Å²) < 4.78 is 0. The molecule has 5 nitrogen and oxygen atoms in total. The molecule has 0 atom stereocenters. The van der Waals surface area contributed by atoms with Crippen LogP contribution in [-0.2, 0) is 19.5 Å². The van der Waals surface area contributed by atoms with E-state index in [1.807, 2.05) is 0 Å². The number of aromatic nitrogens is 1. The first-order chi connectivity index (χ1) is 10.0. The fourth-order valence-corrected chi connectivity index (χ4v) is 3.30. The van der Waals surface area contributed by atoms with Gasteiger partial charge in [0.2, 0.25) is 0 Å². The minimum atomic E-state index is -0.329. The van der Waals surface area contributed by atoms with Crippen molar-refractivity contribution in [3.63, 3.8) is 0 Å². The van der Waals surface area contributed by atoms with E-state index < -0.39 is 0 Å². The summed E-state index contributed by atoms with van der Waals surface area (Å²) in [5.74, 6) is 0. The molecule has 0 saturated carbocycles. The Morgan fingerprint density at radius 2 is 2.14 bits per heavy atom. The Morgan fingerprint density at radius 3 is 2.81 bits per heavy atom. The molecule has 112 valence electrons. The third-order valence-corrected chi connectivity index (χ3v) is 4.52. The van der Waals surface area contributed by atoms with E-state index in [1.54, 1.807) is 31.4 Å². The molecular weight excluding hydrogens is 286 g/mol. The summed E-state index contributed by atoms with van der Waals surface area (Å²) in [7, 11) is 0. The van der Waals surface area contributed by atoms with Crippen molar-refractivity contribution < 1.29 is 4.92 Å². The number of nitrogens with one attached hydrogen (secondary N) is 1. The summed E-state index contributed by atoms with van der Waals surface area (Å²) in [4.78, 5) is 16.4. The maximum atomic E-state index is 11.1. The zero-order valence-corrected chi connectivity index (χ0v) is 13.3. The Labute approximate surface area is 128 Å². The Hall–Kier alpha value is -1.79. The molecule has 6 heteroatoms. The number of aryl methyl sites for hydroxylation is 2. The molecule has 2 aromatic rings. The lowest BCUT2D eigenvalue weighted by Crippen LogP contribution is -2.15. The highest BCUT2D eigenvalue weighted by molar-refractivity contribution is 7.10. The van der Waals surface area contributed by atoms with Gasteiger partial charge in [0.15, 0.2) is 0 Å². The second kappa shape index (κ2) is 6.78. The van der Waals surface area contributed by atoms with Crippen LogP contribution in [0.3, 0.4) is 0 Å². The molecule has 0 unspecified atom stereocenters. The van der Waals surface area contributed by atoms with Crippen molar-refractivity contribution >= 4 is 17.0 Å². The Morgan fingerprint density at radius 1 is 1.38 bits per heavy atom. The molecule has 0 bridgehead atoms.